The highest BCUT2D eigenvalue weighted by Gasteiger charge is 2.02. The highest BCUT2D eigenvalue weighted by Crippen LogP contribution is 2.25. The van der Waals surface area contributed by atoms with Gasteiger partial charge in [0.1, 0.15) is 16.7 Å². The van der Waals surface area contributed by atoms with E-state index >= 15 is 0 Å². The minimum absolute atomic E-state index is 0.326. The summed E-state index contributed by atoms with van der Waals surface area (Å²) in [5.41, 5.74) is 0.431. The molecular weight excluding hydrogens is 256 g/mol. The largest absolute Gasteiger partial charge is 0.465 e. The monoisotopic (exact) mass is 264 g/mol. The van der Waals surface area contributed by atoms with Gasteiger partial charge >= 0.3 is 6.09 Å². The van der Waals surface area contributed by atoms with Crippen molar-refractivity contribution in [2.45, 2.75) is 0 Å². The first-order valence-corrected chi connectivity index (χ1v) is 5.41. The summed E-state index contributed by atoms with van der Waals surface area (Å²) in [7, 11) is 0. The molecule has 2 N–H and O–H groups in total. The average Bonchev–Trinajstić information content (AvgIpc) is 2.28. The third-order valence-electron chi connectivity index (χ3n) is 2.02. The number of pyridine rings is 1. The number of carboxylic acid groups (broad SMARTS) is 1. The maximum atomic E-state index is 10.5. The van der Waals surface area contributed by atoms with Crippen LogP contribution in [0.25, 0.3) is 0 Å². The van der Waals surface area contributed by atoms with E-state index in [-0.39, 0.29) is 0 Å². The van der Waals surface area contributed by atoms with Crippen LogP contribution in [0.5, 0.6) is 11.5 Å². The first kappa shape index (κ1) is 12.2. The number of anilines is 1. The quantitative estimate of drug-likeness (QED) is 0.831. The van der Waals surface area contributed by atoms with Crippen molar-refractivity contribution in [2.24, 2.45) is 0 Å². The van der Waals surface area contributed by atoms with E-state index < -0.39 is 6.09 Å². The fourth-order valence-electron chi connectivity index (χ4n) is 1.35. The number of aromatic nitrogens is 1. The molecule has 2 aromatic rings. The number of halogens is 1. The van der Waals surface area contributed by atoms with Crippen molar-refractivity contribution < 1.29 is 14.6 Å². The van der Waals surface area contributed by atoms with Gasteiger partial charge in [0.05, 0.1) is 0 Å². The Morgan fingerprint density at radius 2 is 2.06 bits per heavy atom. The predicted octanol–water partition coefficient (Wildman–Crippen LogP) is 3.62. The number of hydrogen-bond acceptors (Lipinski definition) is 3. The van der Waals surface area contributed by atoms with Crippen molar-refractivity contribution in [3.63, 3.8) is 0 Å². The Labute approximate surface area is 108 Å². The van der Waals surface area contributed by atoms with Crippen LogP contribution in [-0.4, -0.2) is 16.2 Å². The molecule has 92 valence electrons. The number of benzene rings is 1. The Kier molecular flexibility index (Phi) is 3.64. The lowest BCUT2D eigenvalue weighted by molar-refractivity contribution is 0.210. The lowest BCUT2D eigenvalue weighted by Gasteiger charge is -2.07. The summed E-state index contributed by atoms with van der Waals surface area (Å²) in [6.45, 7) is 0. The average molecular weight is 265 g/mol. The number of ether oxygens (including phenoxy) is 1. The van der Waals surface area contributed by atoms with Crippen LogP contribution < -0.4 is 10.1 Å². The lowest BCUT2D eigenvalue weighted by Crippen LogP contribution is -2.06. The van der Waals surface area contributed by atoms with E-state index in [2.05, 4.69) is 10.3 Å². The SMILES string of the molecule is O=C(O)Nc1cccc(Oc2ccnc(Cl)c2)c1. The normalized spacial score (nSPS) is 9.83. The van der Waals surface area contributed by atoms with Gasteiger partial charge in [-0.3, -0.25) is 5.32 Å². The van der Waals surface area contributed by atoms with Crippen molar-refractivity contribution >= 4 is 23.4 Å². The molecule has 0 aliphatic heterocycles. The van der Waals surface area contributed by atoms with Gasteiger partial charge in [0, 0.05) is 24.0 Å². The van der Waals surface area contributed by atoms with Crippen LogP contribution in [0.15, 0.2) is 42.6 Å². The van der Waals surface area contributed by atoms with Crippen LogP contribution in [0.2, 0.25) is 5.15 Å². The molecule has 0 aliphatic carbocycles. The topological polar surface area (TPSA) is 71.5 Å². The summed E-state index contributed by atoms with van der Waals surface area (Å²) >= 11 is 5.73. The summed E-state index contributed by atoms with van der Waals surface area (Å²) in [5, 5.41) is 11.2. The maximum Gasteiger partial charge on any atom is 0.409 e. The molecule has 2 rings (SSSR count). The van der Waals surface area contributed by atoms with Gasteiger partial charge in [-0.05, 0) is 18.2 Å². The third kappa shape index (κ3) is 3.36. The smallest absolute Gasteiger partial charge is 0.409 e. The molecule has 6 heteroatoms. The number of hydrogen-bond donors (Lipinski definition) is 2. The lowest BCUT2D eigenvalue weighted by atomic mass is 10.3. The Morgan fingerprint density at radius 1 is 1.28 bits per heavy atom. The standard InChI is InChI=1S/C12H9ClN2O3/c13-11-7-10(4-5-14-11)18-9-3-1-2-8(6-9)15-12(16)17/h1-7,15H,(H,16,17). The van der Waals surface area contributed by atoms with Crippen LogP contribution in [0.1, 0.15) is 0 Å². The summed E-state index contributed by atoms with van der Waals surface area (Å²) in [6, 6.07) is 9.82. The van der Waals surface area contributed by atoms with Crippen LogP contribution >= 0.6 is 11.6 Å². The molecule has 0 unspecified atom stereocenters. The van der Waals surface area contributed by atoms with E-state index in [1.165, 1.54) is 6.20 Å². The fourth-order valence-corrected chi connectivity index (χ4v) is 1.51. The molecule has 0 fully saturated rings. The minimum atomic E-state index is -1.13. The van der Waals surface area contributed by atoms with E-state index in [9.17, 15) is 4.79 Å². The van der Waals surface area contributed by atoms with Crippen molar-refractivity contribution in [3.8, 4) is 11.5 Å². The first-order valence-electron chi connectivity index (χ1n) is 5.03. The van der Waals surface area contributed by atoms with Gasteiger partial charge in [-0.1, -0.05) is 17.7 Å². The summed E-state index contributed by atoms with van der Waals surface area (Å²) < 4.78 is 5.52. The van der Waals surface area contributed by atoms with Crippen LogP contribution in [0, 0.1) is 0 Å². The Balaban J connectivity index is 2.16. The molecule has 0 saturated carbocycles. The van der Waals surface area contributed by atoms with E-state index in [4.69, 9.17) is 21.4 Å². The van der Waals surface area contributed by atoms with Gasteiger partial charge in [0.25, 0.3) is 0 Å². The van der Waals surface area contributed by atoms with Gasteiger partial charge in [-0.25, -0.2) is 9.78 Å². The number of carbonyl (C=O) groups is 1. The van der Waals surface area contributed by atoms with Crippen molar-refractivity contribution in [1.82, 2.24) is 4.98 Å². The number of nitrogens with zero attached hydrogens (tertiary/aromatic N) is 1. The first-order chi connectivity index (χ1) is 8.63. The summed E-state index contributed by atoms with van der Waals surface area (Å²) in [6.07, 6.45) is 0.399. The van der Waals surface area contributed by atoms with Gasteiger partial charge < -0.3 is 9.84 Å². The van der Waals surface area contributed by atoms with E-state index in [1.54, 1.807) is 36.4 Å². The molecule has 0 saturated heterocycles. The number of amides is 1. The van der Waals surface area contributed by atoms with Crippen LogP contribution in [0.4, 0.5) is 10.5 Å². The molecule has 0 aliphatic rings. The molecule has 0 atom stereocenters. The maximum absolute atomic E-state index is 10.5. The van der Waals surface area contributed by atoms with Gasteiger partial charge in [-0.15, -0.1) is 0 Å². The van der Waals surface area contributed by atoms with Crippen molar-refractivity contribution in [3.05, 3.63) is 47.7 Å². The molecular formula is C12H9ClN2O3. The van der Waals surface area contributed by atoms with Crippen LogP contribution in [0.3, 0.4) is 0 Å². The van der Waals surface area contributed by atoms with E-state index in [1.807, 2.05) is 0 Å². The zero-order valence-corrected chi connectivity index (χ0v) is 9.89. The Morgan fingerprint density at radius 3 is 2.78 bits per heavy atom. The molecule has 1 aromatic carbocycles. The molecule has 0 spiro atoms. The zero-order chi connectivity index (χ0) is 13.0. The van der Waals surface area contributed by atoms with E-state index in [0.717, 1.165) is 0 Å². The minimum Gasteiger partial charge on any atom is -0.465 e. The molecule has 0 bridgehead atoms. The highest BCUT2D eigenvalue weighted by molar-refractivity contribution is 6.29. The second-order valence-corrected chi connectivity index (χ2v) is 3.76. The number of nitrogens with one attached hydrogen (secondary N) is 1. The van der Waals surface area contributed by atoms with Gasteiger partial charge in [-0.2, -0.15) is 0 Å². The molecule has 1 amide bonds. The highest BCUT2D eigenvalue weighted by atomic mass is 35.5. The Bertz CT molecular complexity index is 575. The van der Waals surface area contributed by atoms with Gasteiger partial charge in [0.15, 0.2) is 0 Å². The molecule has 18 heavy (non-hydrogen) atoms. The van der Waals surface area contributed by atoms with Gasteiger partial charge in [0.2, 0.25) is 0 Å². The molecule has 1 aromatic heterocycles. The number of rotatable bonds is 3. The Hall–Kier alpha value is -2.27. The van der Waals surface area contributed by atoms with Crippen molar-refractivity contribution in [2.75, 3.05) is 5.32 Å². The summed E-state index contributed by atoms with van der Waals surface area (Å²) in [4.78, 5) is 14.3. The van der Waals surface area contributed by atoms with Crippen molar-refractivity contribution in [1.29, 1.82) is 0 Å². The molecule has 1 heterocycles. The summed E-state index contributed by atoms with van der Waals surface area (Å²) in [5.74, 6) is 1.03. The fraction of sp³-hybridized carbons (Fsp3) is 0. The zero-order valence-electron chi connectivity index (χ0n) is 9.13. The molecule has 5 nitrogen and oxygen atoms in total. The second-order valence-electron chi connectivity index (χ2n) is 3.37. The second kappa shape index (κ2) is 5.37. The predicted molar refractivity (Wildman–Crippen MR) is 67.4 cm³/mol. The van der Waals surface area contributed by atoms with E-state index in [0.29, 0.717) is 22.3 Å². The molecule has 0 radical (unpaired) electrons. The third-order valence-corrected chi connectivity index (χ3v) is 2.23. The van der Waals surface area contributed by atoms with Crippen LogP contribution in [-0.2, 0) is 0 Å².